The van der Waals surface area contributed by atoms with Gasteiger partial charge in [0.15, 0.2) is 12.2 Å². The van der Waals surface area contributed by atoms with Crippen molar-refractivity contribution < 1.29 is 80.2 Å². The summed E-state index contributed by atoms with van der Waals surface area (Å²) in [5, 5.41) is 10.6. The van der Waals surface area contributed by atoms with E-state index >= 15 is 0 Å². The Labute approximate surface area is 568 Å². The zero-order valence-electron chi connectivity index (χ0n) is 60.9. The standard InChI is InChI=1S/C74H144O17P2/c1-9-67(8)53-45-37-29-21-17-12-10-11-13-19-23-31-40-48-56-73(78)90-69(60-84-71(76)54-46-38-30-22-18-15-14-16-20-26-34-42-50-64(2)3)62-88-92(80,81)86-58-68(75)59-87-93(82,83)89-63-70(91-74(79)57-49-41-33-25-28-36-44-52-66(6)7)61-85-72(77)55-47-39-32-24-27-35-43-51-65(4)5/h64-70,75H,9-63H2,1-8H3,(H,80,81)(H,82,83)/t67?,68?,69-,70-/m1/s1. The number of phosphoric ester groups is 2. The fourth-order valence-electron chi connectivity index (χ4n) is 11.2. The molecule has 0 radical (unpaired) electrons. The minimum atomic E-state index is -4.96. The lowest BCUT2D eigenvalue weighted by molar-refractivity contribution is -0.161. The molecule has 0 aliphatic rings. The van der Waals surface area contributed by atoms with E-state index in [1.807, 2.05) is 0 Å². The van der Waals surface area contributed by atoms with Crippen LogP contribution < -0.4 is 0 Å². The molecule has 93 heavy (non-hydrogen) atoms. The summed E-state index contributed by atoms with van der Waals surface area (Å²) in [4.78, 5) is 72.7. The largest absolute Gasteiger partial charge is 0.472 e. The summed E-state index contributed by atoms with van der Waals surface area (Å²) < 4.78 is 68.4. The molecule has 0 aliphatic heterocycles. The number of hydrogen-bond donors (Lipinski definition) is 3. The third kappa shape index (κ3) is 67.0. The fraction of sp³-hybridized carbons (Fsp3) is 0.946. The van der Waals surface area contributed by atoms with Gasteiger partial charge in [-0.25, -0.2) is 9.13 Å². The number of esters is 4. The first-order chi connectivity index (χ1) is 44.6. The molecular formula is C74H144O17P2. The SMILES string of the molecule is CCC(C)CCCCCCCCCCCCCCCCC(=O)O[C@H](COC(=O)CCCCCCCCCCCCCCC(C)C)COP(=O)(O)OCC(O)COP(=O)(O)OC[C@@H](COC(=O)CCCCCCCCCC(C)C)OC(=O)CCCCCCCCCC(C)C. The monoisotopic (exact) mass is 1370 g/mol. The van der Waals surface area contributed by atoms with Gasteiger partial charge in [-0.3, -0.25) is 37.3 Å². The van der Waals surface area contributed by atoms with Crippen molar-refractivity contribution in [1.29, 1.82) is 0 Å². The van der Waals surface area contributed by atoms with Crippen LogP contribution in [0.25, 0.3) is 0 Å². The van der Waals surface area contributed by atoms with Crippen molar-refractivity contribution in [3.8, 4) is 0 Å². The number of hydrogen-bond acceptors (Lipinski definition) is 15. The second-order valence-electron chi connectivity index (χ2n) is 28.4. The highest BCUT2D eigenvalue weighted by molar-refractivity contribution is 7.47. The molecule has 0 spiro atoms. The summed E-state index contributed by atoms with van der Waals surface area (Å²) in [5.74, 6) is 0.902. The summed E-state index contributed by atoms with van der Waals surface area (Å²) in [7, 11) is -9.91. The van der Waals surface area contributed by atoms with Gasteiger partial charge >= 0.3 is 39.5 Å². The van der Waals surface area contributed by atoms with Gasteiger partial charge in [-0.15, -0.1) is 0 Å². The second kappa shape index (κ2) is 63.5. The molecule has 0 aromatic rings. The fourth-order valence-corrected chi connectivity index (χ4v) is 12.7. The van der Waals surface area contributed by atoms with Crippen LogP contribution >= 0.6 is 15.6 Å². The van der Waals surface area contributed by atoms with Crippen LogP contribution in [0.4, 0.5) is 0 Å². The van der Waals surface area contributed by atoms with E-state index in [1.165, 1.54) is 167 Å². The van der Waals surface area contributed by atoms with Gasteiger partial charge in [-0.05, 0) is 49.4 Å². The Hall–Kier alpha value is -1.94. The van der Waals surface area contributed by atoms with Crippen molar-refractivity contribution in [2.24, 2.45) is 23.7 Å². The Morgan fingerprint density at radius 3 is 0.763 bits per heavy atom. The predicted octanol–water partition coefficient (Wildman–Crippen LogP) is 21.3. The molecule has 552 valence electrons. The van der Waals surface area contributed by atoms with E-state index in [4.69, 9.17) is 37.0 Å². The molecule has 0 heterocycles. The number of phosphoric acid groups is 2. The zero-order valence-corrected chi connectivity index (χ0v) is 62.7. The number of carbonyl (C=O) groups is 4. The van der Waals surface area contributed by atoms with Gasteiger partial charge in [0.1, 0.15) is 19.3 Å². The van der Waals surface area contributed by atoms with E-state index in [0.29, 0.717) is 37.5 Å². The van der Waals surface area contributed by atoms with Crippen LogP contribution in [0.3, 0.4) is 0 Å². The van der Waals surface area contributed by atoms with Crippen molar-refractivity contribution >= 4 is 39.5 Å². The number of carbonyl (C=O) groups excluding carboxylic acids is 4. The topological polar surface area (TPSA) is 237 Å². The molecule has 0 aromatic heterocycles. The average Bonchev–Trinajstić information content (AvgIpc) is 2.89. The smallest absolute Gasteiger partial charge is 0.462 e. The van der Waals surface area contributed by atoms with Gasteiger partial charge in [-0.1, -0.05) is 319 Å². The van der Waals surface area contributed by atoms with Crippen LogP contribution in [0.1, 0.15) is 370 Å². The Bertz CT molecular complexity index is 1840. The van der Waals surface area contributed by atoms with E-state index < -0.39 is 97.5 Å². The summed E-state index contributed by atoms with van der Waals surface area (Å²) in [5.41, 5.74) is 0. The molecule has 0 aliphatic carbocycles. The Morgan fingerprint density at radius 1 is 0.301 bits per heavy atom. The van der Waals surface area contributed by atoms with E-state index in [9.17, 15) is 43.2 Å². The van der Waals surface area contributed by atoms with Crippen molar-refractivity contribution in [2.75, 3.05) is 39.6 Å². The first kappa shape index (κ1) is 91.1. The van der Waals surface area contributed by atoms with Crippen LogP contribution in [0, 0.1) is 23.7 Å². The second-order valence-corrected chi connectivity index (χ2v) is 31.3. The maximum atomic E-state index is 13.1. The van der Waals surface area contributed by atoms with Gasteiger partial charge in [-0.2, -0.15) is 0 Å². The Kier molecular flexibility index (Phi) is 62.2. The van der Waals surface area contributed by atoms with Crippen LogP contribution in [-0.4, -0.2) is 96.7 Å². The summed E-state index contributed by atoms with van der Waals surface area (Å²) in [6.45, 7) is 14.1. The minimum absolute atomic E-state index is 0.102. The number of aliphatic hydroxyl groups is 1. The molecule has 0 bridgehead atoms. The number of ether oxygens (including phenoxy) is 4. The molecule has 17 nitrogen and oxygen atoms in total. The van der Waals surface area contributed by atoms with E-state index in [2.05, 4.69) is 55.4 Å². The van der Waals surface area contributed by atoms with Gasteiger partial charge in [0.05, 0.1) is 26.4 Å². The first-order valence-electron chi connectivity index (χ1n) is 38.2. The summed E-state index contributed by atoms with van der Waals surface area (Å²) >= 11 is 0. The van der Waals surface area contributed by atoms with E-state index in [1.54, 1.807) is 0 Å². The Morgan fingerprint density at radius 2 is 0.516 bits per heavy atom. The lowest BCUT2D eigenvalue weighted by atomic mass is 9.99. The maximum absolute atomic E-state index is 13.1. The zero-order chi connectivity index (χ0) is 68.9. The predicted molar refractivity (Wildman–Crippen MR) is 377 cm³/mol. The maximum Gasteiger partial charge on any atom is 0.472 e. The lowest BCUT2D eigenvalue weighted by Gasteiger charge is -2.21. The summed E-state index contributed by atoms with van der Waals surface area (Å²) in [6.07, 6.45) is 47.3. The lowest BCUT2D eigenvalue weighted by Crippen LogP contribution is -2.30. The molecular weight excluding hydrogens is 1220 g/mol. The van der Waals surface area contributed by atoms with E-state index in [0.717, 1.165) is 108 Å². The van der Waals surface area contributed by atoms with E-state index in [-0.39, 0.29) is 25.7 Å². The molecule has 3 N–H and O–H groups in total. The number of unbranched alkanes of at least 4 members (excludes halogenated alkanes) is 36. The van der Waals surface area contributed by atoms with Crippen LogP contribution in [0.5, 0.6) is 0 Å². The number of aliphatic hydroxyl groups excluding tert-OH is 1. The summed E-state index contributed by atoms with van der Waals surface area (Å²) in [6, 6.07) is 0. The molecule has 0 saturated carbocycles. The highest BCUT2D eigenvalue weighted by Crippen LogP contribution is 2.45. The number of rotatable bonds is 71. The normalized spacial score (nSPS) is 14.5. The molecule has 0 amide bonds. The Balaban J connectivity index is 5.24. The average molecular weight is 1370 g/mol. The van der Waals surface area contributed by atoms with Gasteiger partial charge in [0.2, 0.25) is 0 Å². The minimum Gasteiger partial charge on any atom is -0.462 e. The van der Waals surface area contributed by atoms with Crippen molar-refractivity contribution in [3.63, 3.8) is 0 Å². The third-order valence-electron chi connectivity index (χ3n) is 17.4. The molecule has 4 unspecified atom stereocenters. The first-order valence-corrected chi connectivity index (χ1v) is 41.2. The van der Waals surface area contributed by atoms with Gasteiger partial charge < -0.3 is 33.8 Å². The third-order valence-corrected chi connectivity index (χ3v) is 19.3. The molecule has 0 fully saturated rings. The van der Waals surface area contributed by atoms with Gasteiger partial charge in [0, 0.05) is 25.7 Å². The van der Waals surface area contributed by atoms with Crippen LogP contribution in [0.2, 0.25) is 0 Å². The van der Waals surface area contributed by atoms with Crippen molar-refractivity contribution in [1.82, 2.24) is 0 Å². The van der Waals surface area contributed by atoms with Crippen LogP contribution in [-0.2, 0) is 65.4 Å². The molecule has 19 heteroatoms. The van der Waals surface area contributed by atoms with Gasteiger partial charge in [0.25, 0.3) is 0 Å². The van der Waals surface area contributed by atoms with Crippen LogP contribution in [0.15, 0.2) is 0 Å². The quantitative estimate of drug-likeness (QED) is 0.0222. The molecule has 6 atom stereocenters. The highest BCUT2D eigenvalue weighted by Gasteiger charge is 2.30. The van der Waals surface area contributed by atoms with Crippen molar-refractivity contribution in [3.05, 3.63) is 0 Å². The van der Waals surface area contributed by atoms with Crippen molar-refractivity contribution in [2.45, 2.75) is 388 Å². The molecule has 0 aromatic carbocycles. The highest BCUT2D eigenvalue weighted by atomic mass is 31.2. The molecule has 0 saturated heterocycles. The molecule has 0 rings (SSSR count).